The zero-order chi connectivity index (χ0) is 11.8. The Morgan fingerprint density at radius 1 is 1.44 bits per heavy atom. The molecule has 2 unspecified atom stereocenters. The Morgan fingerprint density at radius 3 is 2.81 bits per heavy atom. The zero-order valence-electron chi connectivity index (χ0n) is 9.29. The number of fused-ring (bicyclic) bond motifs is 1. The van der Waals surface area contributed by atoms with Gasteiger partial charge in [0.05, 0.1) is 0 Å². The molecule has 1 saturated carbocycles. The predicted molar refractivity (Wildman–Crippen MR) is 56.0 cm³/mol. The van der Waals surface area contributed by atoms with Crippen LogP contribution in [0.3, 0.4) is 0 Å². The Bertz CT molecular complexity index is 283. The summed E-state index contributed by atoms with van der Waals surface area (Å²) in [4.78, 5) is 13.2. The molecule has 2 rings (SSSR count). The van der Waals surface area contributed by atoms with Crippen molar-refractivity contribution in [2.75, 3.05) is 19.6 Å². The Morgan fingerprint density at radius 2 is 2.19 bits per heavy atom. The standard InChI is InChI=1S/C11H18F2N2O/c12-11(13)4-1-2-8-6-15(7-9(8)11)10(16)3-5-14/h8-9H,1-7,14H2. The number of carbonyl (C=O) groups excluding carboxylic acids is 1. The number of nitrogens with two attached hydrogens (primary N) is 1. The summed E-state index contributed by atoms with van der Waals surface area (Å²) in [7, 11) is 0. The highest BCUT2D eigenvalue weighted by atomic mass is 19.3. The SMILES string of the molecule is NCCC(=O)N1CC2CCCC(F)(F)C2C1. The van der Waals surface area contributed by atoms with Gasteiger partial charge in [-0.05, 0) is 18.8 Å². The van der Waals surface area contributed by atoms with Crippen molar-refractivity contribution in [1.82, 2.24) is 4.90 Å². The van der Waals surface area contributed by atoms with Gasteiger partial charge in [-0.15, -0.1) is 0 Å². The van der Waals surface area contributed by atoms with Gasteiger partial charge in [0.2, 0.25) is 5.91 Å². The van der Waals surface area contributed by atoms with Crippen LogP contribution in [0.1, 0.15) is 25.7 Å². The third-order valence-corrected chi connectivity index (χ3v) is 3.78. The number of halogens is 2. The number of alkyl halides is 2. The van der Waals surface area contributed by atoms with Crippen molar-refractivity contribution >= 4 is 5.91 Å². The second kappa shape index (κ2) is 4.28. The molecule has 0 spiro atoms. The molecule has 1 saturated heterocycles. The van der Waals surface area contributed by atoms with Crippen molar-refractivity contribution in [3.05, 3.63) is 0 Å². The number of carbonyl (C=O) groups is 1. The number of hydrogen-bond acceptors (Lipinski definition) is 2. The van der Waals surface area contributed by atoms with E-state index in [1.165, 1.54) is 0 Å². The van der Waals surface area contributed by atoms with Crippen LogP contribution in [0, 0.1) is 11.8 Å². The van der Waals surface area contributed by atoms with Gasteiger partial charge in [0, 0.05) is 38.4 Å². The molecule has 2 atom stereocenters. The van der Waals surface area contributed by atoms with Gasteiger partial charge in [-0.3, -0.25) is 4.79 Å². The third kappa shape index (κ3) is 2.05. The fraction of sp³-hybridized carbons (Fsp3) is 0.909. The fourth-order valence-electron chi connectivity index (χ4n) is 2.91. The molecular formula is C11H18F2N2O. The van der Waals surface area contributed by atoms with Gasteiger partial charge in [0.15, 0.2) is 0 Å². The number of likely N-dealkylation sites (tertiary alicyclic amines) is 1. The van der Waals surface area contributed by atoms with E-state index >= 15 is 0 Å². The third-order valence-electron chi connectivity index (χ3n) is 3.78. The highest BCUT2D eigenvalue weighted by molar-refractivity contribution is 5.76. The first-order valence-corrected chi connectivity index (χ1v) is 5.90. The normalized spacial score (nSPS) is 32.6. The molecule has 2 N–H and O–H groups in total. The van der Waals surface area contributed by atoms with Crippen LogP contribution in [0.15, 0.2) is 0 Å². The van der Waals surface area contributed by atoms with Crippen LogP contribution in [-0.4, -0.2) is 36.4 Å². The molecule has 92 valence electrons. The van der Waals surface area contributed by atoms with E-state index in [1.54, 1.807) is 4.90 Å². The van der Waals surface area contributed by atoms with Crippen LogP contribution < -0.4 is 5.73 Å². The van der Waals surface area contributed by atoms with Crippen molar-refractivity contribution in [2.24, 2.45) is 17.6 Å². The monoisotopic (exact) mass is 232 g/mol. The molecule has 1 aliphatic heterocycles. The van der Waals surface area contributed by atoms with Crippen molar-refractivity contribution in [3.63, 3.8) is 0 Å². The molecular weight excluding hydrogens is 214 g/mol. The Labute approximate surface area is 94.0 Å². The van der Waals surface area contributed by atoms with Crippen molar-refractivity contribution < 1.29 is 13.6 Å². The molecule has 16 heavy (non-hydrogen) atoms. The van der Waals surface area contributed by atoms with Gasteiger partial charge in [-0.25, -0.2) is 8.78 Å². The highest BCUT2D eigenvalue weighted by Crippen LogP contribution is 2.45. The summed E-state index contributed by atoms with van der Waals surface area (Å²) in [6.07, 6.45) is 1.65. The highest BCUT2D eigenvalue weighted by Gasteiger charge is 2.51. The van der Waals surface area contributed by atoms with Crippen LogP contribution in [0.25, 0.3) is 0 Å². The number of nitrogens with zero attached hydrogens (tertiary/aromatic N) is 1. The first-order chi connectivity index (χ1) is 7.54. The van der Waals surface area contributed by atoms with Crippen LogP contribution in [0.4, 0.5) is 8.78 Å². The Balaban J connectivity index is 2.02. The van der Waals surface area contributed by atoms with Crippen LogP contribution in [0.5, 0.6) is 0 Å². The lowest BCUT2D eigenvalue weighted by atomic mass is 9.79. The summed E-state index contributed by atoms with van der Waals surface area (Å²) in [5.74, 6) is -3.29. The predicted octanol–water partition coefficient (Wildman–Crippen LogP) is 1.23. The van der Waals surface area contributed by atoms with Crippen molar-refractivity contribution in [1.29, 1.82) is 0 Å². The average Bonchev–Trinajstić information content (AvgIpc) is 2.63. The smallest absolute Gasteiger partial charge is 0.252 e. The summed E-state index contributed by atoms with van der Waals surface area (Å²) in [5, 5.41) is 0. The van der Waals surface area contributed by atoms with E-state index in [1.807, 2.05) is 0 Å². The van der Waals surface area contributed by atoms with E-state index < -0.39 is 11.8 Å². The van der Waals surface area contributed by atoms with E-state index in [4.69, 9.17) is 5.73 Å². The molecule has 2 aliphatic rings. The summed E-state index contributed by atoms with van der Waals surface area (Å²) in [5.41, 5.74) is 5.30. The summed E-state index contributed by atoms with van der Waals surface area (Å²) < 4.78 is 27.2. The lowest BCUT2D eigenvalue weighted by molar-refractivity contribution is -0.130. The minimum Gasteiger partial charge on any atom is -0.342 e. The maximum Gasteiger partial charge on any atom is 0.252 e. The van der Waals surface area contributed by atoms with E-state index in [-0.39, 0.29) is 31.2 Å². The average molecular weight is 232 g/mol. The van der Waals surface area contributed by atoms with Gasteiger partial charge in [0.25, 0.3) is 5.92 Å². The second-order valence-electron chi connectivity index (χ2n) is 4.86. The van der Waals surface area contributed by atoms with E-state index in [2.05, 4.69) is 0 Å². The second-order valence-corrected chi connectivity index (χ2v) is 4.86. The minimum atomic E-state index is -2.58. The molecule has 1 amide bonds. The van der Waals surface area contributed by atoms with Crippen LogP contribution >= 0.6 is 0 Å². The molecule has 3 nitrogen and oxygen atoms in total. The largest absolute Gasteiger partial charge is 0.342 e. The molecule has 0 bridgehead atoms. The van der Waals surface area contributed by atoms with Crippen molar-refractivity contribution in [3.8, 4) is 0 Å². The topological polar surface area (TPSA) is 46.3 Å². The van der Waals surface area contributed by atoms with Gasteiger partial charge < -0.3 is 10.6 Å². The molecule has 0 radical (unpaired) electrons. The first-order valence-electron chi connectivity index (χ1n) is 5.90. The maximum atomic E-state index is 13.6. The summed E-state index contributed by atoms with van der Waals surface area (Å²) in [6, 6.07) is 0. The van der Waals surface area contributed by atoms with E-state index in [0.717, 1.165) is 6.42 Å². The molecule has 1 aliphatic carbocycles. The Kier molecular flexibility index (Phi) is 3.15. The molecule has 0 aromatic carbocycles. The fourth-order valence-corrected chi connectivity index (χ4v) is 2.91. The lowest BCUT2D eigenvalue weighted by Crippen LogP contribution is -2.38. The number of amides is 1. The maximum absolute atomic E-state index is 13.6. The van der Waals surface area contributed by atoms with Gasteiger partial charge in [-0.1, -0.05) is 0 Å². The van der Waals surface area contributed by atoms with E-state index in [0.29, 0.717) is 19.5 Å². The molecule has 0 aromatic heterocycles. The van der Waals surface area contributed by atoms with Crippen molar-refractivity contribution in [2.45, 2.75) is 31.6 Å². The summed E-state index contributed by atoms with van der Waals surface area (Å²) >= 11 is 0. The number of rotatable bonds is 2. The van der Waals surface area contributed by atoms with Crippen LogP contribution in [-0.2, 0) is 4.79 Å². The zero-order valence-corrected chi connectivity index (χ0v) is 9.29. The van der Waals surface area contributed by atoms with Gasteiger partial charge in [0.1, 0.15) is 0 Å². The van der Waals surface area contributed by atoms with Gasteiger partial charge in [-0.2, -0.15) is 0 Å². The van der Waals surface area contributed by atoms with Crippen LogP contribution in [0.2, 0.25) is 0 Å². The lowest BCUT2D eigenvalue weighted by Gasteiger charge is -2.32. The minimum absolute atomic E-state index is 0.00882. The molecule has 5 heteroatoms. The molecule has 1 heterocycles. The van der Waals surface area contributed by atoms with E-state index in [9.17, 15) is 13.6 Å². The quantitative estimate of drug-likeness (QED) is 0.778. The van der Waals surface area contributed by atoms with Gasteiger partial charge >= 0.3 is 0 Å². The first kappa shape index (κ1) is 11.8. The molecule has 2 fully saturated rings. The Hall–Kier alpha value is -0.710. The summed E-state index contributed by atoms with van der Waals surface area (Å²) in [6.45, 7) is 1.01. The number of hydrogen-bond donors (Lipinski definition) is 1. The molecule has 0 aromatic rings.